The van der Waals surface area contributed by atoms with Crippen molar-refractivity contribution in [2.24, 2.45) is 5.73 Å². The van der Waals surface area contributed by atoms with Crippen molar-refractivity contribution >= 4 is 11.9 Å². The molecule has 0 saturated carbocycles. The summed E-state index contributed by atoms with van der Waals surface area (Å²) in [5.41, 5.74) is 4.96. The Morgan fingerprint density at radius 2 is 1.90 bits per heavy atom. The molecule has 124 valence electrons. The van der Waals surface area contributed by atoms with Crippen LogP contribution in [0.15, 0.2) is 0 Å². The van der Waals surface area contributed by atoms with Gasteiger partial charge in [-0.1, -0.05) is 6.42 Å². The molecule has 1 atom stereocenters. The first kappa shape index (κ1) is 19.9. The number of hydrogen-bond donors (Lipinski definition) is 2. The van der Waals surface area contributed by atoms with E-state index in [0.29, 0.717) is 26.1 Å². The number of esters is 2. The van der Waals surface area contributed by atoms with Crippen LogP contribution in [-0.4, -0.2) is 43.3 Å². The van der Waals surface area contributed by atoms with Crippen molar-refractivity contribution in [2.45, 2.75) is 65.0 Å². The summed E-state index contributed by atoms with van der Waals surface area (Å²) < 4.78 is 10.2. The third-order valence-electron chi connectivity index (χ3n) is 2.66. The van der Waals surface area contributed by atoms with Crippen LogP contribution in [0.3, 0.4) is 0 Å². The van der Waals surface area contributed by atoms with E-state index in [4.69, 9.17) is 15.2 Å². The molecule has 1 unspecified atom stereocenters. The molecule has 0 amide bonds. The smallest absolute Gasteiger partial charge is 0.323 e. The molecule has 6 nitrogen and oxygen atoms in total. The van der Waals surface area contributed by atoms with E-state index in [1.165, 1.54) is 0 Å². The molecule has 0 aliphatic rings. The maximum atomic E-state index is 11.8. The quantitative estimate of drug-likeness (QED) is 0.468. The monoisotopic (exact) mass is 302 g/mol. The van der Waals surface area contributed by atoms with Crippen molar-refractivity contribution in [3.63, 3.8) is 0 Å². The van der Waals surface area contributed by atoms with Gasteiger partial charge >= 0.3 is 11.9 Å². The topological polar surface area (TPSA) is 90.6 Å². The van der Waals surface area contributed by atoms with Crippen LogP contribution in [-0.2, 0) is 19.1 Å². The molecule has 0 radical (unpaired) electrons. The highest BCUT2D eigenvalue weighted by Gasteiger charge is 2.20. The van der Waals surface area contributed by atoms with Gasteiger partial charge in [-0.25, -0.2) is 0 Å². The fourth-order valence-electron chi connectivity index (χ4n) is 1.78. The maximum absolute atomic E-state index is 11.8. The lowest BCUT2D eigenvalue weighted by molar-refractivity contribution is -0.155. The van der Waals surface area contributed by atoms with Crippen LogP contribution in [0.5, 0.6) is 0 Å². The van der Waals surface area contributed by atoms with Gasteiger partial charge in [-0.15, -0.1) is 0 Å². The van der Waals surface area contributed by atoms with Gasteiger partial charge in [0.05, 0.1) is 13.0 Å². The lowest BCUT2D eigenvalue weighted by atomic mass is 10.1. The van der Waals surface area contributed by atoms with Gasteiger partial charge in [-0.05, 0) is 47.1 Å². The van der Waals surface area contributed by atoms with Crippen molar-refractivity contribution in [3.05, 3.63) is 0 Å². The minimum absolute atomic E-state index is 0.226. The number of hydrogen-bond acceptors (Lipinski definition) is 6. The van der Waals surface area contributed by atoms with Gasteiger partial charge < -0.3 is 20.5 Å². The third-order valence-corrected chi connectivity index (χ3v) is 2.66. The average Bonchev–Trinajstić information content (AvgIpc) is 2.35. The van der Waals surface area contributed by atoms with E-state index < -0.39 is 5.60 Å². The first-order chi connectivity index (χ1) is 9.80. The molecule has 0 fully saturated rings. The van der Waals surface area contributed by atoms with Gasteiger partial charge in [-0.3, -0.25) is 9.59 Å². The number of carbonyl (C=O) groups is 2. The molecular formula is C15H30N2O4. The minimum Gasteiger partial charge on any atom is -0.465 e. The van der Waals surface area contributed by atoms with E-state index in [9.17, 15) is 9.59 Å². The van der Waals surface area contributed by atoms with Gasteiger partial charge in [-0.2, -0.15) is 0 Å². The molecule has 0 aromatic carbocycles. The van der Waals surface area contributed by atoms with E-state index in [-0.39, 0.29) is 24.4 Å². The Hall–Kier alpha value is -1.14. The predicted molar refractivity (Wildman–Crippen MR) is 81.8 cm³/mol. The minimum atomic E-state index is -0.487. The number of nitrogens with one attached hydrogen (secondary N) is 1. The van der Waals surface area contributed by atoms with E-state index in [1.807, 2.05) is 20.8 Å². The summed E-state index contributed by atoms with van der Waals surface area (Å²) in [6.07, 6.45) is 2.59. The Bertz CT molecular complexity index is 313. The van der Waals surface area contributed by atoms with Gasteiger partial charge in [0.15, 0.2) is 0 Å². The summed E-state index contributed by atoms with van der Waals surface area (Å²) >= 11 is 0. The van der Waals surface area contributed by atoms with Gasteiger partial charge in [0, 0.05) is 6.54 Å². The Balaban J connectivity index is 4.15. The van der Waals surface area contributed by atoms with Crippen molar-refractivity contribution in [1.29, 1.82) is 0 Å². The standard InChI is InChI=1S/C15H30N2O4/c1-5-20-14(19)12(8-6-7-10-16)17-11-9-13(18)21-15(2,3)4/h12,17H,5-11,16H2,1-4H3. The summed E-state index contributed by atoms with van der Waals surface area (Å²) in [6, 6.07) is -0.390. The third kappa shape index (κ3) is 11.2. The SMILES string of the molecule is CCOC(=O)C(CCCCN)NCCC(=O)OC(C)(C)C. The highest BCUT2D eigenvalue weighted by molar-refractivity contribution is 5.76. The lowest BCUT2D eigenvalue weighted by Crippen LogP contribution is -2.39. The number of carbonyl (C=O) groups excluding carboxylic acids is 2. The second kappa shape index (κ2) is 10.6. The second-order valence-electron chi connectivity index (χ2n) is 5.88. The predicted octanol–water partition coefficient (Wildman–Crippen LogP) is 1.37. The second-order valence-corrected chi connectivity index (χ2v) is 5.88. The summed E-state index contributed by atoms with van der Waals surface area (Å²) in [7, 11) is 0. The van der Waals surface area contributed by atoms with Crippen molar-refractivity contribution in [3.8, 4) is 0 Å². The van der Waals surface area contributed by atoms with Crippen LogP contribution in [0.1, 0.15) is 53.4 Å². The molecule has 0 aliphatic carbocycles. The summed E-state index contributed by atoms with van der Waals surface area (Å²) in [5, 5.41) is 3.06. The summed E-state index contributed by atoms with van der Waals surface area (Å²) in [4.78, 5) is 23.4. The summed E-state index contributed by atoms with van der Waals surface area (Å²) in [5.74, 6) is -0.557. The molecule has 0 spiro atoms. The van der Waals surface area contributed by atoms with Crippen molar-refractivity contribution in [2.75, 3.05) is 19.7 Å². The van der Waals surface area contributed by atoms with E-state index in [1.54, 1.807) is 6.92 Å². The zero-order valence-electron chi connectivity index (χ0n) is 13.7. The van der Waals surface area contributed by atoms with Crippen LogP contribution >= 0.6 is 0 Å². The Labute approximate surface area is 127 Å². The van der Waals surface area contributed by atoms with E-state index in [2.05, 4.69) is 5.32 Å². The molecule has 6 heteroatoms. The average molecular weight is 302 g/mol. The van der Waals surface area contributed by atoms with Crippen molar-refractivity contribution < 1.29 is 19.1 Å². The molecule has 0 heterocycles. The molecule has 0 saturated heterocycles. The fourth-order valence-corrected chi connectivity index (χ4v) is 1.78. The molecule has 21 heavy (non-hydrogen) atoms. The zero-order valence-corrected chi connectivity index (χ0v) is 13.7. The largest absolute Gasteiger partial charge is 0.465 e. The lowest BCUT2D eigenvalue weighted by Gasteiger charge is -2.20. The van der Waals surface area contributed by atoms with Crippen LogP contribution < -0.4 is 11.1 Å². The molecule has 0 aromatic heterocycles. The fraction of sp³-hybridized carbons (Fsp3) is 0.867. The molecule has 0 aromatic rings. The molecular weight excluding hydrogens is 272 g/mol. The number of unbranched alkanes of at least 4 members (excludes halogenated alkanes) is 1. The first-order valence-electron chi connectivity index (χ1n) is 7.62. The molecule has 3 N–H and O–H groups in total. The number of nitrogens with two attached hydrogens (primary N) is 1. The Morgan fingerprint density at radius 3 is 2.43 bits per heavy atom. The van der Waals surface area contributed by atoms with Crippen LogP contribution in [0.25, 0.3) is 0 Å². The van der Waals surface area contributed by atoms with Gasteiger partial charge in [0.2, 0.25) is 0 Å². The highest BCUT2D eigenvalue weighted by Crippen LogP contribution is 2.08. The Morgan fingerprint density at radius 1 is 1.24 bits per heavy atom. The first-order valence-corrected chi connectivity index (χ1v) is 7.62. The highest BCUT2D eigenvalue weighted by atomic mass is 16.6. The molecule has 0 bridgehead atoms. The van der Waals surface area contributed by atoms with Gasteiger partial charge in [0.1, 0.15) is 11.6 Å². The normalized spacial score (nSPS) is 12.8. The van der Waals surface area contributed by atoms with E-state index in [0.717, 1.165) is 12.8 Å². The van der Waals surface area contributed by atoms with Crippen LogP contribution in [0, 0.1) is 0 Å². The van der Waals surface area contributed by atoms with Crippen LogP contribution in [0.2, 0.25) is 0 Å². The number of ether oxygens (including phenoxy) is 2. The molecule has 0 aliphatic heterocycles. The molecule has 0 rings (SSSR count). The zero-order chi connectivity index (χ0) is 16.3. The Kier molecular flexibility index (Phi) is 9.99. The van der Waals surface area contributed by atoms with Gasteiger partial charge in [0.25, 0.3) is 0 Å². The van der Waals surface area contributed by atoms with E-state index >= 15 is 0 Å². The number of rotatable bonds is 10. The summed E-state index contributed by atoms with van der Waals surface area (Å²) in [6.45, 7) is 8.59. The van der Waals surface area contributed by atoms with Crippen LogP contribution in [0.4, 0.5) is 0 Å². The maximum Gasteiger partial charge on any atom is 0.323 e. The van der Waals surface area contributed by atoms with Crippen molar-refractivity contribution in [1.82, 2.24) is 5.32 Å².